The van der Waals surface area contributed by atoms with E-state index >= 15 is 0 Å². The molecule has 1 heterocycles. The predicted octanol–water partition coefficient (Wildman–Crippen LogP) is 3.54. The van der Waals surface area contributed by atoms with Gasteiger partial charge in [0.05, 0.1) is 43.8 Å². The Balaban J connectivity index is 1.67. The third kappa shape index (κ3) is 4.75. The summed E-state index contributed by atoms with van der Waals surface area (Å²) in [6.45, 7) is 1.89. The van der Waals surface area contributed by atoms with Crippen LogP contribution >= 0.6 is 11.6 Å². The van der Waals surface area contributed by atoms with Gasteiger partial charge in [-0.2, -0.15) is 10.2 Å². The van der Waals surface area contributed by atoms with Gasteiger partial charge in [0.2, 0.25) is 5.91 Å². The Hall–Kier alpha value is -3.32. The Labute approximate surface area is 173 Å². The van der Waals surface area contributed by atoms with Gasteiger partial charge in [0.15, 0.2) is 16.7 Å². The number of nitrogens with one attached hydrogen (secondary N) is 1. The van der Waals surface area contributed by atoms with Crippen LogP contribution in [-0.4, -0.2) is 36.1 Å². The number of nitrogens with zero attached hydrogens (tertiary/aromatic N) is 3. The zero-order valence-corrected chi connectivity index (χ0v) is 17.1. The van der Waals surface area contributed by atoms with Crippen molar-refractivity contribution >= 4 is 23.7 Å². The molecule has 0 radical (unpaired) electrons. The van der Waals surface area contributed by atoms with Gasteiger partial charge in [0.1, 0.15) is 0 Å². The number of aromatic nitrogens is 2. The number of carbonyl (C=O) groups is 1. The lowest BCUT2D eigenvalue weighted by molar-refractivity contribution is -0.120. The molecule has 1 N–H and O–H groups in total. The van der Waals surface area contributed by atoms with Crippen molar-refractivity contribution < 1.29 is 14.3 Å². The van der Waals surface area contributed by atoms with Crippen LogP contribution in [0.15, 0.2) is 53.6 Å². The van der Waals surface area contributed by atoms with Crippen LogP contribution in [0.5, 0.6) is 11.5 Å². The average Bonchev–Trinajstić information content (AvgIpc) is 3.02. The highest BCUT2D eigenvalue weighted by atomic mass is 35.5. The van der Waals surface area contributed by atoms with E-state index in [4.69, 9.17) is 21.1 Å². The highest BCUT2D eigenvalue weighted by molar-refractivity contribution is 6.32. The summed E-state index contributed by atoms with van der Waals surface area (Å²) in [6.07, 6.45) is 1.64. The quantitative estimate of drug-likeness (QED) is 0.475. The highest BCUT2D eigenvalue weighted by Crippen LogP contribution is 2.27. The molecule has 0 fully saturated rings. The van der Waals surface area contributed by atoms with Crippen LogP contribution in [0.3, 0.4) is 0 Å². The second-order valence-corrected chi connectivity index (χ2v) is 6.55. The van der Waals surface area contributed by atoms with Crippen molar-refractivity contribution in [3.8, 4) is 17.2 Å². The number of para-hydroxylation sites is 1. The number of hydrazone groups is 1. The molecule has 150 valence electrons. The van der Waals surface area contributed by atoms with E-state index in [1.165, 1.54) is 6.21 Å². The first kappa shape index (κ1) is 20.4. The maximum atomic E-state index is 12.2. The molecule has 0 bridgehead atoms. The molecule has 0 spiro atoms. The highest BCUT2D eigenvalue weighted by Gasteiger charge is 2.13. The van der Waals surface area contributed by atoms with Gasteiger partial charge >= 0.3 is 0 Å². The van der Waals surface area contributed by atoms with E-state index in [0.717, 1.165) is 16.9 Å². The molecule has 2 aromatic carbocycles. The number of carbonyl (C=O) groups excluding carboxylic acids is 1. The molecule has 8 heteroatoms. The summed E-state index contributed by atoms with van der Waals surface area (Å²) in [5, 5.41) is 8.67. The summed E-state index contributed by atoms with van der Waals surface area (Å²) < 4.78 is 12.2. The molecule has 3 rings (SSSR count). The summed E-state index contributed by atoms with van der Waals surface area (Å²) in [7, 11) is 3.11. The molecule has 0 unspecified atom stereocenters. The van der Waals surface area contributed by atoms with Crippen molar-refractivity contribution in [2.45, 2.75) is 13.3 Å². The number of hydrogen-bond donors (Lipinski definition) is 1. The minimum Gasteiger partial charge on any atom is -0.493 e. The zero-order valence-electron chi connectivity index (χ0n) is 16.3. The number of methoxy groups -OCH3 is 2. The van der Waals surface area contributed by atoms with E-state index < -0.39 is 0 Å². The predicted molar refractivity (Wildman–Crippen MR) is 112 cm³/mol. The molecule has 0 saturated heterocycles. The van der Waals surface area contributed by atoms with Gasteiger partial charge in [-0.15, -0.1) is 0 Å². The molecule has 1 amide bonds. The molecular formula is C21H21ClN4O3. The lowest BCUT2D eigenvalue weighted by atomic mass is 10.1. The second-order valence-electron chi connectivity index (χ2n) is 6.20. The smallest absolute Gasteiger partial charge is 0.244 e. The van der Waals surface area contributed by atoms with Crippen LogP contribution in [-0.2, 0) is 11.2 Å². The maximum absolute atomic E-state index is 12.2. The maximum Gasteiger partial charge on any atom is 0.244 e. The molecule has 0 aliphatic carbocycles. The Kier molecular flexibility index (Phi) is 6.51. The minimum atomic E-state index is -0.266. The molecule has 29 heavy (non-hydrogen) atoms. The fourth-order valence-corrected chi connectivity index (χ4v) is 3.09. The van der Waals surface area contributed by atoms with Crippen molar-refractivity contribution in [1.29, 1.82) is 0 Å². The first-order chi connectivity index (χ1) is 14.0. The van der Waals surface area contributed by atoms with Crippen molar-refractivity contribution in [2.75, 3.05) is 14.2 Å². The lowest BCUT2D eigenvalue weighted by Crippen LogP contribution is -2.19. The molecule has 3 aromatic rings. The van der Waals surface area contributed by atoms with Crippen LogP contribution in [0.25, 0.3) is 5.69 Å². The molecule has 7 nitrogen and oxygen atoms in total. The van der Waals surface area contributed by atoms with E-state index in [1.54, 1.807) is 37.1 Å². The van der Waals surface area contributed by atoms with Crippen LogP contribution in [0.4, 0.5) is 0 Å². The number of benzene rings is 2. The van der Waals surface area contributed by atoms with Crippen molar-refractivity contribution in [3.05, 3.63) is 70.5 Å². The van der Waals surface area contributed by atoms with Gasteiger partial charge in [-0.1, -0.05) is 35.9 Å². The fourth-order valence-electron chi connectivity index (χ4n) is 2.83. The second kappa shape index (κ2) is 9.25. The fraction of sp³-hybridized carbons (Fsp3) is 0.190. The Bertz CT molecular complexity index is 1030. The van der Waals surface area contributed by atoms with Gasteiger partial charge in [0.25, 0.3) is 0 Å². The van der Waals surface area contributed by atoms with E-state index in [-0.39, 0.29) is 12.3 Å². The lowest BCUT2D eigenvalue weighted by Gasteiger charge is -2.09. The topological polar surface area (TPSA) is 77.7 Å². The first-order valence-corrected chi connectivity index (χ1v) is 9.24. The summed E-state index contributed by atoms with van der Waals surface area (Å²) >= 11 is 6.25. The minimum absolute atomic E-state index is 0.147. The number of rotatable bonds is 7. The zero-order chi connectivity index (χ0) is 20.8. The van der Waals surface area contributed by atoms with Gasteiger partial charge in [0, 0.05) is 0 Å². The standard InChI is InChI=1S/C21H21ClN4O3/c1-14-17(21(22)25-26(14)16-7-5-4-6-8-16)13-23-24-20(27)12-15-9-10-18(28-2)19(11-15)29-3/h4-11,13H,12H2,1-3H3,(H,24,27)/b23-13-. The Morgan fingerprint density at radius 3 is 2.59 bits per heavy atom. The van der Waals surface area contributed by atoms with Gasteiger partial charge in [-0.05, 0) is 36.8 Å². The van der Waals surface area contributed by atoms with Crippen LogP contribution in [0.2, 0.25) is 5.15 Å². The van der Waals surface area contributed by atoms with E-state index in [2.05, 4.69) is 15.6 Å². The van der Waals surface area contributed by atoms with E-state index in [9.17, 15) is 4.79 Å². The molecule has 0 aliphatic rings. The van der Waals surface area contributed by atoms with Crippen molar-refractivity contribution in [2.24, 2.45) is 5.10 Å². The summed E-state index contributed by atoms with van der Waals surface area (Å²) in [5.41, 5.74) is 5.64. The Morgan fingerprint density at radius 1 is 1.17 bits per heavy atom. The van der Waals surface area contributed by atoms with E-state index in [0.29, 0.717) is 22.2 Å². The van der Waals surface area contributed by atoms with Crippen molar-refractivity contribution in [3.63, 3.8) is 0 Å². The monoisotopic (exact) mass is 412 g/mol. The van der Waals surface area contributed by atoms with Gasteiger partial charge in [-0.3, -0.25) is 4.79 Å². The third-order valence-electron chi connectivity index (χ3n) is 4.31. The summed E-state index contributed by atoms with van der Waals surface area (Å²) in [4.78, 5) is 12.2. The molecule has 0 aliphatic heterocycles. The first-order valence-electron chi connectivity index (χ1n) is 8.86. The molecular weight excluding hydrogens is 392 g/mol. The largest absolute Gasteiger partial charge is 0.493 e. The molecule has 1 aromatic heterocycles. The summed E-state index contributed by atoms with van der Waals surface area (Å²) in [6, 6.07) is 15.0. The van der Waals surface area contributed by atoms with Gasteiger partial charge < -0.3 is 9.47 Å². The Morgan fingerprint density at radius 2 is 1.90 bits per heavy atom. The SMILES string of the molecule is COc1ccc(CC(=O)N/N=C\c2c(Cl)nn(-c3ccccc3)c2C)cc1OC. The van der Waals surface area contributed by atoms with Crippen LogP contribution in [0, 0.1) is 6.92 Å². The van der Waals surface area contributed by atoms with Gasteiger partial charge in [-0.25, -0.2) is 10.1 Å². The average molecular weight is 413 g/mol. The number of halogens is 1. The van der Waals surface area contributed by atoms with Crippen LogP contribution in [0.1, 0.15) is 16.8 Å². The number of ether oxygens (including phenoxy) is 2. The summed E-state index contributed by atoms with van der Waals surface area (Å²) in [5.74, 6) is 0.907. The molecule has 0 atom stereocenters. The van der Waals surface area contributed by atoms with E-state index in [1.807, 2.05) is 37.3 Å². The van der Waals surface area contributed by atoms with Crippen LogP contribution < -0.4 is 14.9 Å². The third-order valence-corrected chi connectivity index (χ3v) is 4.59. The number of hydrogen-bond acceptors (Lipinski definition) is 5. The normalized spacial score (nSPS) is 10.9. The number of amides is 1. The molecule has 0 saturated carbocycles. The van der Waals surface area contributed by atoms with Crippen molar-refractivity contribution in [1.82, 2.24) is 15.2 Å².